The summed E-state index contributed by atoms with van der Waals surface area (Å²) in [5.74, 6) is 0. The number of hydrogen-bond donors (Lipinski definition) is 1. The number of H-pyrrole nitrogens is 1. The van der Waals surface area contributed by atoms with E-state index in [1.54, 1.807) is 0 Å². The predicted molar refractivity (Wildman–Crippen MR) is 61.0 cm³/mol. The summed E-state index contributed by atoms with van der Waals surface area (Å²) in [4.78, 5) is 19.1. The third-order valence-electron chi connectivity index (χ3n) is 3.57. The third-order valence-corrected chi connectivity index (χ3v) is 3.86. The van der Waals surface area contributed by atoms with Gasteiger partial charge in [-0.05, 0) is 19.3 Å². The molecule has 9 heteroatoms. The minimum absolute atomic E-state index is 0.0855. The molecule has 0 aliphatic heterocycles. The van der Waals surface area contributed by atoms with Crippen molar-refractivity contribution in [1.29, 1.82) is 0 Å². The largest absolute Gasteiger partial charge is 0.413 e. The van der Waals surface area contributed by atoms with Gasteiger partial charge >= 0.3 is 6.18 Å². The van der Waals surface area contributed by atoms with E-state index in [2.05, 4.69) is 15.1 Å². The first-order valence-corrected chi connectivity index (χ1v) is 5.93. The molecule has 3 rings (SSSR count). The van der Waals surface area contributed by atoms with Gasteiger partial charge in [0, 0.05) is 0 Å². The second-order valence-corrected chi connectivity index (χ2v) is 4.88. The second kappa shape index (κ2) is 3.72. The molecular formula is C10H8ClF3N4O. The monoisotopic (exact) mass is 292 g/mol. The van der Waals surface area contributed by atoms with Gasteiger partial charge in [0.05, 0.1) is 0 Å². The standard InChI is InChI=1S/C10H8ClF3N4O/c11-6-5-7(16-4-15-6)18(17-8(5)19)9(2-1-3-9)10(12,13)14/h4H,1-3H2,(H,17,19). The Balaban J connectivity index is 2.33. The molecule has 102 valence electrons. The highest BCUT2D eigenvalue weighted by Gasteiger charge is 2.61. The quantitative estimate of drug-likeness (QED) is 0.820. The van der Waals surface area contributed by atoms with Crippen molar-refractivity contribution in [2.24, 2.45) is 0 Å². The first kappa shape index (κ1) is 12.5. The average Bonchev–Trinajstić information content (AvgIpc) is 2.54. The Morgan fingerprint density at radius 3 is 2.58 bits per heavy atom. The maximum absolute atomic E-state index is 13.3. The fraction of sp³-hybridized carbons (Fsp3) is 0.500. The van der Waals surface area contributed by atoms with Gasteiger partial charge < -0.3 is 0 Å². The predicted octanol–water partition coefficient (Wildman–Crippen LogP) is 2.21. The number of nitrogens with one attached hydrogen (secondary N) is 1. The van der Waals surface area contributed by atoms with Crippen LogP contribution in [0.3, 0.4) is 0 Å². The first-order chi connectivity index (χ1) is 8.87. The molecule has 0 aromatic carbocycles. The van der Waals surface area contributed by atoms with Crippen molar-refractivity contribution >= 4 is 22.6 Å². The maximum atomic E-state index is 13.3. The first-order valence-electron chi connectivity index (χ1n) is 5.55. The highest BCUT2D eigenvalue weighted by molar-refractivity contribution is 6.33. The molecule has 0 bridgehead atoms. The summed E-state index contributed by atoms with van der Waals surface area (Å²) in [5.41, 5.74) is -2.91. The minimum atomic E-state index is -4.46. The lowest BCUT2D eigenvalue weighted by molar-refractivity contribution is -0.242. The fourth-order valence-corrected chi connectivity index (χ4v) is 2.60. The summed E-state index contributed by atoms with van der Waals surface area (Å²) >= 11 is 5.74. The molecule has 1 aliphatic rings. The Hall–Kier alpha value is -1.57. The van der Waals surface area contributed by atoms with Gasteiger partial charge in [0.2, 0.25) is 0 Å². The lowest BCUT2D eigenvalue weighted by Gasteiger charge is -2.43. The van der Waals surface area contributed by atoms with Gasteiger partial charge in [0.25, 0.3) is 5.56 Å². The Morgan fingerprint density at radius 2 is 2.05 bits per heavy atom. The molecular weight excluding hydrogens is 285 g/mol. The smallest absolute Gasteiger partial charge is 0.267 e. The molecule has 0 spiro atoms. The van der Waals surface area contributed by atoms with Gasteiger partial charge in [-0.3, -0.25) is 14.6 Å². The topological polar surface area (TPSA) is 63.6 Å². The second-order valence-electron chi connectivity index (χ2n) is 4.52. The number of rotatable bonds is 1. The Labute approximate surface area is 109 Å². The van der Waals surface area contributed by atoms with Crippen molar-refractivity contribution in [3.63, 3.8) is 0 Å². The van der Waals surface area contributed by atoms with Crippen molar-refractivity contribution in [2.75, 3.05) is 0 Å². The molecule has 2 aromatic heterocycles. The number of aromatic amines is 1. The minimum Gasteiger partial charge on any atom is -0.267 e. The Morgan fingerprint density at radius 1 is 1.37 bits per heavy atom. The van der Waals surface area contributed by atoms with E-state index in [-0.39, 0.29) is 29.0 Å². The van der Waals surface area contributed by atoms with E-state index < -0.39 is 17.3 Å². The molecule has 0 unspecified atom stereocenters. The number of alkyl halides is 3. The van der Waals surface area contributed by atoms with Gasteiger partial charge in [-0.1, -0.05) is 11.6 Å². The zero-order valence-corrected chi connectivity index (χ0v) is 10.2. The van der Waals surface area contributed by atoms with Crippen molar-refractivity contribution in [2.45, 2.75) is 31.0 Å². The normalized spacial score (nSPS) is 18.5. The molecule has 1 aliphatic carbocycles. The molecule has 2 heterocycles. The number of nitrogens with zero attached hydrogens (tertiary/aromatic N) is 3. The van der Waals surface area contributed by atoms with Crippen LogP contribution in [0.25, 0.3) is 11.0 Å². The van der Waals surface area contributed by atoms with E-state index in [0.29, 0.717) is 6.42 Å². The summed E-state index contributed by atoms with van der Waals surface area (Å²) < 4.78 is 40.6. The van der Waals surface area contributed by atoms with Gasteiger partial charge in [-0.2, -0.15) is 13.2 Å². The SMILES string of the molecule is O=c1[nH]n(C2(C(F)(F)F)CCC2)c2ncnc(Cl)c12. The molecule has 0 atom stereocenters. The van der Waals surface area contributed by atoms with Crippen molar-refractivity contribution in [1.82, 2.24) is 19.7 Å². The molecule has 1 saturated carbocycles. The highest BCUT2D eigenvalue weighted by Crippen LogP contribution is 2.51. The van der Waals surface area contributed by atoms with Crippen molar-refractivity contribution in [3.8, 4) is 0 Å². The van der Waals surface area contributed by atoms with Crippen LogP contribution < -0.4 is 5.56 Å². The summed E-state index contributed by atoms with van der Waals surface area (Å²) in [6.45, 7) is 0. The fourth-order valence-electron chi connectivity index (χ4n) is 2.39. The maximum Gasteiger partial charge on any atom is 0.413 e. The van der Waals surface area contributed by atoms with E-state index in [1.165, 1.54) is 0 Å². The highest BCUT2D eigenvalue weighted by atomic mass is 35.5. The number of fused-ring (bicyclic) bond motifs is 1. The van der Waals surface area contributed by atoms with Crippen LogP contribution in [0.15, 0.2) is 11.1 Å². The van der Waals surface area contributed by atoms with Crippen LogP contribution in [-0.4, -0.2) is 25.9 Å². The van der Waals surface area contributed by atoms with Crippen LogP contribution in [0, 0.1) is 0 Å². The van der Waals surface area contributed by atoms with E-state index in [9.17, 15) is 18.0 Å². The molecule has 1 N–H and O–H groups in total. The molecule has 0 saturated heterocycles. The molecule has 5 nitrogen and oxygen atoms in total. The van der Waals surface area contributed by atoms with Gasteiger partial charge in [0.1, 0.15) is 16.9 Å². The van der Waals surface area contributed by atoms with E-state index in [1.807, 2.05) is 0 Å². The zero-order valence-electron chi connectivity index (χ0n) is 9.46. The summed E-state index contributed by atoms with van der Waals surface area (Å²) in [6, 6.07) is 0. The Bertz CT molecular complexity index is 701. The zero-order chi connectivity index (χ0) is 13.8. The summed E-state index contributed by atoms with van der Waals surface area (Å²) in [7, 11) is 0. The van der Waals surface area contributed by atoms with Crippen LogP contribution in [0.4, 0.5) is 13.2 Å². The molecule has 19 heavy (non-hydrogen) atoms. The van der Waals surface area contributed by atoms with Crippen LogP contribution in [0.5, 0.6) is 0 Å². The lowest BCUT2D eigenvalue weighted by Crippen LogP contribution is -2.53. The van der Waals surface area contributed by atoms with Crippen LogP contribution in [-0.2, 0) is 5.54 Å². The van der Waals surface area contributed by atoms with Crippen LogP contribution >= 0.6 is 11.6 Å². The van der Waals surface area contributed by atoms with Crippen LogP contribution in [0.2, 0.25) is 5.15 Å². The Kier molecular flexibility index (Phi) is 2.44. The van der Waals surface area contributed by atoms with Gasteiger partial charge in [0.15, 0.2) is 11.2 Å². The van der Waals surface area contributed by atoms with Gasteiger partial charge in [-0.15, -0.1) is 0 Å². The summed E-state index contributed by atoms with van der Waals surface area (Å²) in [6.07, 6.45) is -3.15. The van der Waals surface area contributed by atoms with Crippen molar-refractivity contribution in [3.05, 3.63) is 21.8 Å². The van der Waals surface area contributed by atoms with E-state index in [0.717, 1.165) is 11.0 Å². The van der Waals surface area contributed by atoms with Gasteiger partial charge in [-0.25, -0.2) is 9.97 Å². The molecule has 0 radical (unpaired) electrons. The van der Waals surface area contributed by atoms with E-state index in [4.69, 9.17) is 11.6 Å². The summed E-state index contributed by atoms with van der Waals surface area (Å²) in [5, 5.41) is 1.93. The third kappa shape index (κ3) is 1.52. The average molecular weight is 293 g/mol. The molecule has 0 amide bonds. The molecule has 2 aromatic rings. The molecule has 1 fully saturated rings. The number of aromatic nitrogens is 4. The van der Waals surface area contributed by atoms with E-state index >= 15 is 0 Å². The van der Waals surface area contributed by atoms with Crippen molar-refractivity contribution < 1.29 is 13.2 Å². The number of halogens is 4. The lowest BCUT2D eigenvalue weighted by atomic mass is 9.76. The van der Waals surface area contributed by atoms with Crippen LogP contribution in [0.1, 0.15) is 19.3 Å². The number of hydrogen-bond acceptors (Lipinski definition) is 3.